The van der Waals surface area contributed by atoms with Crippen molar-refractivity contribution in [2.24, 2.45) is 28.8 Å². The molecule has 2 aromatic rings. The molecule has 0 radical (unpaired) electrons. The van der Waals surface area contributed by atoms with Crippen LogP contribution in [0.4, 0.5) is 0 Å². The minimum Gasteiger partial charge on any atom is -0.488 e. The highest BCUT2D eigenvalue weighted by Crippen LogP contribution is 2.52. The minimum atomic E-state index is -0.249. The second kappa shape index (κ2) is 7.16. The topological polar surface area (TPSA) is 59.0 Å². The van der Waals surface area contributed by atoms with E-state index in [0.717, 1.165) is 17.0 Å². The third kappa shape index (κ3) is 3.06. The number of carbonyl (C=O) groups excluding carboxylic acids is 2. The number of imide groups is 1. The molecule has 2 aromatic carbocycles. The summed E-state index contributed by atoms with van der Waals surface area (Å²) in [5, 5.41) is 5.93. The third-order valence-corrected chi connectivity index (χ3v) is 6.39. The maximum absolute atomic E-state index is 12.8. The molecule has 2 bridgehead atoms. The highest BCUT2D eigenvalue weighted by Gasteiger charge is 2.59. The standard InChI is InChI=1S/C23H19ClN2O3/c24-18-7-3-1-6-17(18)13-29-19-8-4-2-5-16(19)12-25-26-22(27)20-14-9-10-15(11-14)21(20)23(26)28/h1-10,12,14-15,20-21H,11,13H2/b25-12+. The van der Waals surface area contributed by atoms with Crippen molar-refractivity contribution in [1.82, 2.24) is 5.01 Å². The molecule has 5 rings (SSSR count). The molecule has 29 heavy (non-hydrogen) atoms. The number of rotatable bonds is 5. The van der Waals surface area contributed by atoms with Gasteiger partial charge in [-0.1, -0.05) is 54.1 Å². The van der Waals surface area contributed by atoms with E-state index in [1.165, 1.54) is 6.21 Å². The van der Waals surface area contributed by atoms with E-state index in [2.05, 4.69) is 17.3 Å². The summed E-state index contributed by atoms with van der Waals surface area (Å²) in [7, 11) is 0. The van der Waals surface area contributed by atoms with Crippen LogP contribution in [0.25, 0.3) is 0 Å². The van der Waals surface area contributed by atoms with Crippen LogP contribution < -0.4 is 4.74 Å². The minimum absolute atomic E-state index is 0.174. The number of hydrazone groups is 1. The second-order valence-electron chi connectivity index (χ2n) is 7.65. The van der Waals surface area contributed by atoms with Crippen LogP contribution in [0.3, 0.4) is 0 Å². The van der Waals surface area contributed by atoms with Crippen molar-refractivity contribution in [3.8, 4) is 5.75 Å². The molecule has 2 fully saturated rings. The summed E-state index contributed by atoms with van der Waals surface area (Å²) in [6.45, 7) is 0.311. The number of nitrogens with zero attached hydrogens (tertiary/aromatic N) is 2. The summed E-state index contributed by atoms with van der Waals surface area (Å²) >= 11 is 6.19. The van der Waals surface area contributed by atoms with Crippen molar-refractivity contribution in [1.29, 1.82) is 0 Å². The van der Waals surface area contributed by atoms with Crippen molar-refractivity contribution in [2.45, 2.75) is 13.0 Å². The lowest BCUT2D eigenvalue weighted by Crippen LogP contribution is -2.28. The highest BCUT2D eigenvalue weighted by molar-refractivity contribution is 6.31. The van der Waals surface area contributed by atoms with Gasteiger partial charge in [0.1, 0.15) is 12.4 Å². The zero-order chi connectivity index (χ0) is 20.0. The van der Waals surface area contributed by atoms with Crippen LogP contribution in [0.15, 0.2) is 65.8 Å². The van der Waals surface area contributed by atoms with Crippen LogP contribution in [0.1, 0.15) is 17.5 Å². The first-order valence-corrected chi connectivity index (χ1v) is 10.1. The van der Waals surface area contributed by atoms with Crippen molar-refractivity contribution < 1.29 is 14.3 Å². The second-order valence-corrected chi connectivity index (χ2v) is 8.06. The molecule has 2 amide bonds. The molecule has 0 spiro atoms. The van der Waals surface area contributed by atoms with Crippen molar-refractivity contribution in [3.63, 3.8) is 0 Å². The Hall–Kier alpha value is -2.92. The monoisotopic (exact) mass is 406 g/mol. The van der Waals surface area contributed by atoms with E-state index in [1.54, 1.807) is 0 Å². The Morgan fingerprint density at radius 2 is 1.66 bits per heavy atom. The van der Waals surface area contributed by atoms with Gasteiger partial charge in [0, 0.05) is 16.1 Å². The van der Waals surface area contributed by atoms with Crippen molar-refractivity contribution in [2.75, 3.05) is 0 Å². The Bertz CT molecular complexity index is 1020. The number of hydrogen-bond acceptors (Lipinski definition) is 4. The molecule has 4 unspecified atom stereocenters. The van der Waals surface area contributed by atoms with E-state index in [1.807, 2.05) is 48.5 Å². The molecule has 0 N–H and O–H groups in total. The lowest BCUT2D eigenvalue weighted by atomic mass is 9.85. The Kier molecular flexibility index (Phi) is 4.47. The summed E-state index contributed by atoms with van der Waals surface area (Å²) < 4.78 is 5.92. The van der Waals surface area contributed by atoms with Gasteiger partial charge < -0.3 is 4.74 Å². The molecule has 5 nitrogen and oxygen atoms in total. The number of allylic oxidation sites excluding steroid dienone is 2. The van der Waals surface area contributed by atoms with Gasteiger partial charge >= 0.3 is 0 Å². The van der Waals surface area contributed by atoms with Crippen LogP contribution in [-0.4, -0.2) is 23.0 Å². The summed E-state index contributed by atoms with van der Waals surface area (Å²) in [5.74, 6) is 0.0749. The first-order chi connectivity index (χ1) is 14.1. The van der Waals surface area contributed by atoms with Gasteiger partial charge in [-0.3, -0.25) is 9.59 Å². The maximum Gasteiger partial charge on any atom is 0.254 e. The quantitative estimate of drug-likeness (QED) is 0.427. The molecule has 1 heterocycles. The zero-order valence-corrected chi connectivity index (χ0v) is 16.3. The van der Waals surface area contributed by atoms with Gasteiger partial charge in [-0.15, -0.1) is 0 Å². The number of para-hydroxylation sites is 1. The summed E-state index contributed by atoms with van der Waals surface area (Å²) in [5.41, 5.74) is 1.57. The first kappa shape index (κ1) is 18.1. The molecule has 1 saturated heterocycles. The van der Waals surface area contributed by atoms with Gasteiger partial charge in [0.05, 0.1) is 18.1 Å². The van der Waals surface area contributed by atoms with Crippen molar-refractivity contribution >= 4 is 29.6 Å². The Labute approximate surface area is 173 Å². The van der Waals surface area contributed by atoms with E-state index >= 15 is 0 Å². The number of benzene rings is 2. The smallest absolute Gasteiger partial charge is 0.254 e. The predicted octanol–water partition coefficient (Wildman–Crippen LogP) is 4.06. The van der Waals surface area contributed by atoms with E-state index < -0.39 is 0 Å². The number of ether oxygens (including phenoxy) is 1. The number of amides is 2. The lowest BCUT2D eigenvalue weighted by Gasteiger charge is -2.13. The Morgan fingerprint density at radius 3 is 2.38 bits per heavy atom. The van der Waals surface area contributed by atoms with Crippen LogP contribution in [0.5, 0.6) is 5.75 Å². The lowest BCUT2D eigenvalue weighted by molar-refractivity contribution is -0.140. The fourth-order valence-electron chi connectivity index (χ4n) is 4.61. The molecule has 1 saturated carbocycles. The molecular formula is C23H19ClN2O3. The summed E-state index contributed by atoms with van der Waals surface area (Å²) in [6.07, 6.45) is 6.57. The number of fused-ring (bicyclic) bond motifs is 5. The van der Waals surface area contributed by atoms with Gasteiger partial charge in [0.25, 0.3) is 11.8 Å². The van der Waals surface area contributed by atoms with Gasteiger partial charge in [-0.05, 0) is 36.5 Å². The molecule has 3 aliphatic rings. The van der Waals surface area contributed by atoms with E-state index in [9.17, 15) is 9.59 Å². The van der Waals surface area contributed by atoms with Crippen LogP contribution in [0, 0.1) is 23.7 Å². The van der Waals surface area contributed by atoms with Gasteiger partial charge in [-0.2, -0.15) is 10.1 Å². The molecule has 146 valence electrons. The SMILES string of the molecule is O=C1C2C3C=CC(C3)C2C(=O)N1/N=C/c1ccccc1OCc1ccccc1Cl. The fraction of sp³-hybridized carbons (Fsp3) is 0.261. The highest BCUT2D eigenvalue weighted by atomic mass is 35.5. The maximum atomic E-state index is 12.8. The molecule has 4 atom stereocenters. The molecule has 0 aromatic heterocycles. The molecule has 2 aliphatic carbocycles. The Morgan fingerprint density at radius 1 is 1.00 bits per heavy atom. The summed E-state index contributed by atoms with van der Waals surface area (Å²) in [6, 6.07) is 14.9. The van der Waals surface area contributed by atoms with E-state index in [4.69, 9.17) is 16.3 Å². The van der Waals surface area contributed by atoms with Crippen LogP contribution >= 0.6 is 11.6 Å². The fourth-order valence-corrected chi connectivity index (χ4v) is 4.80. The van der Waals surface area contributed by atoms with Gasteiger partial charge in [0.2, 0.25) is 0 Å². The summed E-state index contributed by atoms with van der Waals surface area (Å²) in [4.78, 5) is 25.5. The van der Waals surface area contributed by atoms with Crippen LogP contribution in [0.2, 0.25) is 5.02 Å². The third-order valence-electron chi connectivity index (χ3n) is 6.02. The molecule has 6 heteroatoms. The number of hydrogen-bond donors (Lipinski definition) is 0. The predicted molar refractivity (Wildman–Crippen MR) is 109 cm³/mol. The average Bonchev–Trinajstić information content (AvgIpc) is 3.41. The molecular weight excluding hydrogens is 388 g/mol. The van der Waals surface area contributed by atoms with Gasteiger partial charge in [-0.25, -0.2) is 0 Å². The average molecular weight is 407 g/mol. The number of halogens is 1. The number of carbonyl (C=O) groups is 2. The normalized spacial score (nSPS) is 27.3. The van der Waals surface area contributed by atoms with Crippen molar-refractivity contribution in [3.05, 3.63) is 76.8 Å². The zero-order valence-electron chi connectivity index (χ0n) is 15.6. The van der Waals surface area contributed by atoms with Crippen LogP contribution in [-0.2, 0) is 16.2 Å². The van der Waals surface area contributed by atoms with E-state index in [0.29, 0.717) is 22.9 Å². The largest absolute Gasteiger partial charge is 0.488 e. The molecule has 1 aliphatic heterocycles. The van der Waals surface area contributed by atoms with E-state index in [-0.39, 0.29) is 35.5 Å². The van der Waals surface area contributed by atoms with Gasteiger partial charge in [0.15, 0.2) is 0 Å². The Balaban J connectivity index is 1.34. The first-order valence-electron chi connectivity index (χ1n) is 9.69.